The Bertz CT molecular complexity index is 1500. The smallest absolute Gasteiger partial charge is 0.306 e. The lowest BCUT2D eigenvalue weighted by molar-refractivity contribution is -0.163. The number of allylic oxidation sites excluding steroid dienone is 22. The lowest BCUT2D eigenvalue weighted by Crippen LogP contribution is -2.30. The molecule has 0 aromatic heterocycles. The van der Waals surface area contributed by atoms with Crippen LogP contribution in [-0.4, -0.2) is 37.9 Å². The quantitative estimate of drug-likeness (QED) is 0.0345. The fraction of sp³-hybridized carbons (Fsp3) is 0.642. The van der Waals surface area contributed by atoms with Gasteiger partial charge < -0.3 is 14.2 Å². The molecule has 72 heavy (non-hydrogen) atoms. The predicted molar refractivity (Wildman–Crippen MR) is 315 cm³/mol. The molecule has 408 valence electrons. The van der Waals surface area contributed by atoms with Gasteiger partial charge in [0.05, 0.1) is 6.61 Å². The molecule has 5 nitrogen and oxygen atoms in total. The van der Waals surface area contributed by atoms with E-state index in [1.54, 1.807) is 0 Å². The van der Waals surface area contributed by atoms with E-state index in [2.05, 4.69) is 154 Å². The molecule has 0 aliphatic heterocycles. The Kier molecular flexibility index (Phi) is 58.0. The zero-order chi connectivity index (χ0) is 52.0. The molecule has 0 aliphatic rings. The summed E-state index contributed by atoms with van der Waals surface area (Å²) in [7, 11) is 0. The Morgan fingerprint density at radius 1 is 0.319 bits per heavy atom. The molecule has 1 atom stereocenters. The minimum atomic E-state index is -0.571. The molecule has 1 unspecified atom stereocenters. The van der Waals surface area contributed by atoms with Gasteiger partial charge in [-0.1, -0.05) is 238 Å². The number of hydrogen-bond acceptors (Lipinski definition) is 5. The Morgan fingerprint density at radius 2 is 0.625 bits per heavy atom. The van der Waals surface area contributed by atoms with Gasteiger partial charge in [0.2, 0.25) is 0 Å². The predicted octanol–water partition coefficient (Wildman–Crippen LogP) is 20.7. The third-order valence-electron chi connectivity index (χ3n) is 12.2. The summed E-state index contributed by atoms with van der Waals surface area (Å²) in [4.78, 5) is 25.6. The van der Waals surface area contributed by atoms with Crippen molar-refractivity contribution >= 4 is 11.9 Å². The van der Waals surface area contributed by atoms with Gasteiger partial charge in [-0.2, -0.15) is 0 Å². The highest BCUT2D eigenvalue weighted by Gasteiger charge is 2.17. The SMILES string of the molecule is CC/C=C\C/C=C\C/C=C\C/C=C\C/C=C\CCCCCC(=O)OCC(COCCCCCCCCC/C=C\C/C=C\C/C=C\C/C=C\CC)OC(=O)CCCCCCCCC/C=C\C/C=C\CCCCC. The van der Waals surface area contributed by atoms with E-state index in [1.807, 2.05) is 0 Å². The zero-order valence-corrected chi connectivity index (χ0v) is 46.9. The van der Waals surface area contributed by atoms with Crippen molar-refractivity contribution in [2.24, 2.45) is 0 Å². The number of ether oxygens (including phenoxy) is 3. The third kappa shape index (κ3) is 58.6. The van der Waals surface area contributed by atoms with E-state index in [0.29, 0.717) is 19.4 Å². The first-order chi connectivity index (χ1) is 35.6. The summed E-state index contributed by atoms with van der Waals surface area (Å²) in [5.41, 5.74) is 0. The zero-order valence-electron chi connectivity index (χ0n) is 46.9. The van der Waals surface area contributed by atoms with Crippen LogP contribution in [0.4, 0.5) is 0 Å². The molecule has 0 heterocycles. The average Bonchev–Trinajstić information content (AvgIpc) is 3.38. The molecule has 0 saturated carbocycles. The highest BCUT2D eigenvalue weighted by atomic mass is 16.6. The minimum absolute atomic E-state index is 0.0520. The molecule has 0 saturated heterocycles. The van der Waals surface area contributed by atoms with Crippen LogP contribution in [0.25, 0.3) is 0 Å². The van der Waals surface area contributed by atoms with Crippen molar-refractivity contribution in [3.8, 4) is 0 Å². The van der Waals surface area contributed by atoms with Crippen molar-refractivity contribution in [1.82, 2.24) is 0 Å². The van der Waals surface area contributed by atoms with Gasteiger partial charge in [0, 0.05) is 19.4 Å². The number of hydrogen-bond donors (Lipinski definition) is 0. The Morgan fingerprint density at radius 3 is 1.01 bits per heavy atom. The number of carbonyl (C=O) groups is 2. The summed E-state index contributed by atoms with van der Waals surface area (Å²) >= 11 is 0. The van der Waals surface area contributed by atoms with E-state index in [-0.39, 0.29) is 25.2 Å². The highest BCUT2D eigenvalue weighted by molar-refractivity contribution is 5.70. The lowest BCUT2D eigenvalue weighted by atomic mass is 10.1. The molecule has 0 aliphatic carbocycles. The molecule has 0 bridgehead atoms. The molecular weight excluding hydrogens is 885 g/mol. The first-order valence-electron chi connectivity index (χ1n) is 29.7. The number of rotatable bonds is 53. The summed E-state index contributed by atoms with van der Waals surface area (Å²) in [6.07, 6.45) is 87.6. The van der Waals surface area contributed by atoms with Gasteiger partial charge in [-0.3, -0.25) is 9.59 Å². The molecule has 0 spiro atoms. The van der Waals surface area contributed by atoms with Gasteiger partial charge >= 0.3 is 11.9 Å². The normalized spacial score (nSPS) is 13.2. The second kappa shape index (κ2) is 61.3. The molecule has 5 heteroatoms. The second-order valence-corrected chi connectivity index (χ2v) is 19.1. The van der Waals surface area contributed by atoms with Gasteiger partial charge in [0.15, 0.2) is 6.10 Å². The van der Waals surface area contributed by atoms with Crippen LogP contribution in [-0.2, 0) is 23.8 Å². The summed E-state index contributed by atoms with van der Waals surface area (Å²) < 4.78 is 17.5. The summed E-state index contributed by atoms with van der Waals surface area (Å²) in [5.74, 6) is -0.454. The largest absolute Gasteiger partial charge is 0.462 e. The Labute approximate surface area is 445 Å². The van der Waals surface area contributed by atoms with Crippen LogP contribution >= 0.6 is 0 Å². The van der Waals surface area contributed by atoms with Crippen LogP contribution in [0.2, 0.25) is 0 Å². The topological polar surface area (TPSA) is 61.8 Å². The van der Waals surface area contributed by atoms with Crippen molar-refractivity contribution in [1.29, 1.82) is 0 Å². The third-order valence-corrected chi connectivity index (χ3v) is 12.2. The molecule has 0 rings (SSSR count). The van der Waals surface area contributed by atoms with E-state index >= 15 is 0 Å². The molecule has 0 fully saturated rings. The first-order valence-corrected chi connectivity index (χ1v) is 29.7. The van der Waals surface area contributed by atoms with Crippen LogP contribution in [0.5, 0.6) is 0 Å². The van der Waals surface area contributed by atoms with Crippen LogP contribution in [0, 0.1) is 0 Å². The van der Waals surface area contributed by atoms with Gasteiger partial charge in [-0.15, -0.1) is 0 Å². The van der Waals surface area contributed by atoms with Crippen LogP contribution in [0.3, 0.4) is 0 Å². The second-order valence-electron chi connectivity index (χ2n) is 19.1. The van der Waals surface area contributed by atoms with Crippen molar-refractivity contribution < 1.29 is 23.8 Å². The number of unbranched alkanes of at least 4 members (excludes halogenated alkanes) is 20. The van der Waals surface area contributed by atoms with Gasteiger partial charge in [-0.25, -0.2) is 0 Å². The Balaban J connectivity index is 4.41. The molecule has 0 aromatic rings. The fourth-order valence-electron chi connectivity index (χ4n) is 7.79. The number of esters is 2. The van der Waals surface area contributed by atoms with E-state index in [9.17, 15) is 9.59 Å². The van der Waals surface area contributed by atoms with E-state index in [1.165, 1.54) is 83.5 Å². The summed E-state index contributed by atoms with van der Waals surface area (Å²) in [6.45, 7) is 7.51. The van der Waals surface area contributed by atoms with E-state index in [0.717, 1.165) is 135 Å². The minimum Gasteiger partial charge on any atom is -0.462 e. The van der Waals surface area contributed by atoms with Crippen LogP contribution in [0.1, 0.15) is 252 Å². The summed E-state index contributed by atoms with van der Waals surface area (Å²) in [5, 5.41) is 0. The van der Waals surface area contributed by atoms with Crippen LogP contribution in [0.15, 0.2) is 134 Å². The van der Waals surface area contributed by atoms with E-state index in [4.69, 9.17) is 14.2 Å². The lowest BCUT2D eigenvalue weighted by Gasteiger charge is -2.18. The molecule has 0 radical (unpaired) electrons. The monoisotopic (exact) mass is 995 g/mol. The van der Waals surface area contributed by atoms with Crippen molar-refractivity contribution in [3.63, 3.8) is 0 Å². The maximum Gasteiger partial charge on any atom is 0.306 e. The first kappa shape index (κ1) is 68.0. The van der Waals surface area contributed by atoms with Crippen molar-refractivity contribution in [2.75, 3.05) is 19.8 Å². The van der Waals surface area contributed by atoms with Crippen LogP contribution < -0.4 is 0 Å². The fourth-order valence-corrected chi connectivity index (χ4v) is 7.79. The van der Waals surface area contributed by atoms with Crippen molar-refractivity contribution in [3.05, 3.63) is 134 Å². The summed E-state index contributed by atoms with van der Waals surface area (Å²) in [6, 6.07) is 0. The van der Waals surface area contributed by atoms with Crippen molar-refractivity contribution in [2.45, 2.75) is 258 Å². The molecule has 0 aromatic carbocycles. The van der Waals surface area contributed by atoms with E-state index < -0.39 is 6.10 Å². The Hall–Kier alpha value is -3.96. The van der Waals surface area contributed by atoms with Gasteiger partial charge in [-0.05, 0) is 135 Å². The molecule has 0 amide bonds. The molecule has 0 N–H and O–H groups in total. The average molecular weight is 996 g/mol. The maximum absolute atomic E-state index is 12.9. The number of carbonyl (C=O) groups excluding carboxylic acids is 2. The maximum atomic E-state index is 12.9. The van der Waals surface area contributed by atoms with Gasteiger partial charge in [0.25, 0.3) is 0 Å². The van der Waals surface area contributed by atoms with Gasteiger partial charge in [0.1, 0.15) is 6.61 Å². The standard InChI is InChI=1S/C67H110O5/c1-4-7-10-13-16-19-22-25-28-31-33-35-38-41-44-47-50-53-56-59-62-70-63-65(72-67(69)61-58-55-52-49-46-43-40-36-30-27-24-21-18-15-12-9-6-3)64-71-66(68)60-57-54-51-48-45-42-39-37-34-32-29-26-23-20-17-14-11-8-5-2/h7-8,10-11,16-21,25-30,33-35,37,42,45,65H,4-6,9,12-15,22-24,31-32,36,38-41,43-44,46-64H2,1-3H3/b10-7-,11-8-,19-16-,20-17-,21-18-,28-25-,29-26-,30-27-,35-33-,37-34-,45-42-. The molecular formula is C67H110O5. The highest BCUT2D eigenvalue weighted by Crippen LogP contribution is 2.14.